The number of benzene rings is 1. The van der Waals surface area contributed by atoms with E-state index in [1.54, 1.807) is 36.7 Å². The number of rotatable bonds is 4. The molecule has 0 saturated heterocycles. The number of aromatic hydroxyl groups is 1. The van der Waals surface area contributed by atoms with Crippen LogP contribution in [0.1, 0.15) is 5.89 Å². The number of phenols is 1. The van der Waals surface area contributed by atoms with Crippen molar-refractivity contribution in [1.82, 2.24) is 15.1 Å². The lowest BCUT2D eigenvalue weighted by atomic mass is 10.2. The zero-order valence-corrected chi connectivity index (χ0v) is 10.5. The monoisotopic (exact) mass is 268 g/mol. The van der Waals surface area contributed by atoms with Crippen LogP contribution in [-0.2, 0) is 6.54 Å². The summed E-state index contributed by atoms with van der Waals surface area (Å²) in [6.07, 6.45) is 3.36. The molecule has 3 rings (SSSR count). The van der Waals surface area contributed by atoms with Gasteiger partial charge in [0.1, 0.15) is 5.75 Å². The first kappa shape index (κ1) is 12.2. The molecule has 6 heteroatoms. The van der Waals surface area contributed by atoms with E-state index in [-0.39, 0.29) is 5.75 Å². The van der Waals surface area contributed by atoms with Gasteiger partial charge < -0.3 is 14.9 Å². The van der Waals surface area contributed by atoms with Crippen LogP contribution in [0.15, 0.2) is 53.3 Å². The van der Waals surface area contributed by atoms with E-state index in [2.05, 4.69) is 20.4 Å². The summed E-state index contributed by atoms with van der Waals surface area (Å²) in [5, 5.41) is 16.2. The molecule has 0 unspecified atom stereocenters. The van der Waals surface area contributed by atoms with Crippen molar-refractivity contribution in [3.63, 3.8) is 0 Å². The average molecular weight is 268 g/mol. The van der Waals surface area contributed by atoms with Gasteiger partial charge in [-0.25, -0.2) is 0 Å². The molecular formula is C14H12N4O2. The van der Waals surface area contributed by atoms with E-state index < -0.39 is 0 Å². The number of hydrogen-bond donors (Lipinski definition) is 2. The second-order valence-corrected chi connectivity index (χ2v) is 4.15. The summed E-state index contributed by atoms with van der Waals surface area (Å²) in [5.74, 6) is 1.26. The maximum absolute atomic E-state index is 9.20. The summed E-state index contributed by atoms with van der Waals surface area (Å²) in [6, 6.07) is 10.4. The lowest BCUT2D eigenvalue weighted by molar-refractivity contribution is 0.384. The number of nitrogens with one attached hydrogen (secondary N) is 1. The van der Waals surface area contributed by atoms with Crippen molar-refractivity contribution in [3.8, 4) is 17.1 Å². The largest absolute Gasteiger partial charge is 0.508 e. The Bertz CT molecular complexity index is 680. The summed E-state index contributed by atoms with van der Waals surface area (Å²) in [4.78, 5) is 8.24. The highest BCUT2D eigenvalue weighted by atomic mass is 16.5. The van der Waals surface area contributed by atoms with Crippen LogP contribution >= 0.6 is 0 Å². The molecule has 0 aliphatic carbocycles. The molecule has 2 N–H and O–H groups in total. The summed E-state index contributed by atoms with van der Waals surface area (Å²) in [6.45, 7) is 0.420. The maximum Gasteiger partial charge on any atom is 0.246 e. The Hall–Kier alpha value is -2.89. The van der Waals surface area contributed by atoms with Gasteiger partial charge in [0.15, 0.2) is 0 Å². The fourth-order valence-electron chi connectivity index (χ4n) is 1.70. The number of aromatic nitrogens is 3. The molecule has 0 bridgehead atoms. The van der Waals surface area contributed by atoms with Gasteiger partial charge in [-0.3, -0.25) is 4.98 Å². The number of pyridine rings is 1. The van der Waals surface area contributed by atoms with Crippen molar-refractivity contribution in [3.05, 3.63) is 54.7 Å². The average Bonchev–Trinajstić information content (AvgIpc) is 2.97. The highest BCUT2D eigenvalue weighted by molar-refractivity contribution is 5.52. The second kappa shape index (κ2) is 5.40. The molecule has 0 amide bonds. The standard InChI is InChI=1S/C14H12N4O2/c19-12-3-1-11(2-4-12)16-9-13-17-14(18-20-13)10-5-7-15-8-6-10/h1-8,16,19H,9H2. The Labute approximate surface area is 115 Å². The maximum atomic E-state index is 9.20. The van der Waals surface area contributed by atoms with Gasteiger partial charge in [0.25, 0.3) is 0 Å². The molecule has 100 valence electrons. The lowest BCUT2D eigenvalue weighted by Crippen LogP contribution is -1.99. The van der Waals surface area contributed by atoms with Gasteiger partial charge in [-0.1, -0.05) is 5.16 Å². The zero-order valence-electron chi connectivity index (χ0n) is 10.5. The molecular weight excluding hydrogens is 256 g/mol. The van der Waals surface area contributed by atoms with Crippen LogP contribution in [0.4, 0.5) is 5.69 Å². The first-order valence-corrected chi connectivity index (χ1v) is 6.07. The summed E-state index contributed by atoms with van der Waals surface area (Å²) in [5.41, 5.74) is 1.73. The van der Waals surface area contributed by atoms with Gasteiger partial charge in [0.2, 0.25) is 11.7 Å². The fourth-order valence-corrected chi connectivity index (χ4v) is 1.70. The Balaban J connectivity index is 1.67. The smallest absolute Gasteiger partial charge is 0.246 e. The van der Waals surface area contributed by atoms with Crippen molar-refractivity contribution in [1.29, 1.82) is 0 Å². The fraction of sp³-hybridized carbons (Fsp3) is 0.0714. The molecule has 2 heterocycles. The molecule has 3 aromatic rings. The minimum Gasteiger partial charge on any atom is -0.508 e. The van der Waals surface area contributed by atoms with Gasteiger partial charge in [0.05, 0.1) is 6.54 Å². The van der Waals surface area contributed by atoms with Crippen molar-refractivity contribution < 1.29 is 9.63 Å². The minimum absolute atomic E-state index is 0.230. The predicted octanol–water partition coefficient (Wildman–Crippen LogP) is 2.45. The molecule has 0 spiro atoms. The molecule has 0 radical (unpaired) electrons. The van der Waals surface area contributed by atoms with E-state index in [1.165, 1.54) is 0 Å². The van der Waals surface area contributed by atoms with Crippen LogP contribution in [-0.4, -0.2) is 20.2 Å². The summed E-state index contributed by atoms with van der Waals surface area (Å²) >= 11 is 0. The van der Waals surface area contributed by atoms with Crippen molar-refractivity contribution in [2.45, 2.75) is 6.54 Å². The van der Waals surface area contributed by atoms with Gasteiger partial charge in [-0.05, 0) is 36.4 Å². The first-order chi connectivity index (χ1) is 9.81. The second-order valence-electron chi connectivity index (χ2n) is 4.15. The van der Waals surface area contributed by atoms with E-state index in [4.69, 9.17) is 4.52 Å². The van der Waals surface area contributed by atoms with Gasteiger partial charge in [0, 0.05) is 23.6 Å². The van der Waals surface area contributed by atoms with E-state index in [9.17, 15) is 5.11 Å². The zero-order chi connectivity index (χ0) is 13.8. The molecule has 1 aromatic carbocycles. The highest BCUT2D eigenvalue weighted by Gasteiger charge is 2.07. The lowest BCUT2D eigenvalue weighted by Gasteiger charge is -2.02. The molecule has 0 atom stereocenters. The summed E-state index contributed by atoms with van der Waals surface area (Å²) in [7, 11) is 0. The van der Waals surface area contributed by atoms with Gasteiger partial charge in [-0.2, -0.15) is 4.98 Å². The van der Waals surface area contributed by atoms with Crippen LogP contribution in [0, 0.1) is 0 Å². The van der Waals surface area contributed by atoms with Crippen molar-refractivity contribution in [2.75, 3.05) is 5.32 Å². The van der Waals surface area contributed by atoms with Crippen LogP contribution in [0.5, 0.6) is 5.75 Å². The molecule has 0 aliphatic rings. The molecule has 0 aliphatic heterocycles. The highest BCUT2D eigenvalue weighted by Crippen LogP contribution is 2.16. The molecule has 0 saturated carbocycles. The normalized spacial score (nSPS) is 10.4. The number of hydrogen-bond acceptors (Lipinski definition) is 6. The number of phenolic OH excluding ortho intramolecular Hbond substituents is 1. The molecule has 20 heavy (non-hydrogen) atoms. The Kier molecular flexibility index (Phi) is 3.28. The van der Waals surface area contributed by atoms with E-state index in [0.29, 0.717) is 18.3 Å². The van der Waals surface area contributed by atoms with Crippen LogP contribution in [0.2, 0.25) is 0 Å². The molecule has 0 fully saturated rings. The Morgan fingerprint density at radius 2 is 1.80 bits per heavy atom. The Morgan fingerprint density at radius 3 is 2.55 bits per heavy atom. The third-order valence-corrected chi connectivity index (χ3v) is 2.72. The third-order valence-electron chi connectivity index (χ3n) is 2.72. The third kappa shape index (κ3) is 2.74. The minimum atomic E-state index is 0.230. The van der Waals surface area contributed by atoms with Crippen LogP contribution < -0.4 is 5.32 Å². The van der Waals surface area contributed by atoms with Crippen LogP contribution in [0.25, 0.3) is 11.4 Å². The predicted molar refractivity (Wildman–Crippen MR) is 73.0 cm³/mol. The van der Waals surface area contributed by atoms with Gasteiger partial charge >= 0.3 is 0 Å². The number of anilines is 1. The molecule has 2 aromatic heterocycles. The topological polar surface area (TPSA) is 84.1 Å². The van der Waals surface area contributed by atoms with Gasteiger partial charge in [-0.15, -0.1) is 0 Å². The van der Waals surface area contributed by atoms with Crippen molar-refractivity contribution in [2.24, 2.45) is 0 Å². The van der Waals surface area contributed by atoms with Crippen molar-refractivity contribution >= 4 is 5.69 Å². The van der Waals surface area contributed by atoms with E-state index >= 15 is 0 Å². The van der Waals surface area contributed by atoms with E-state index in [1.807, 2.05) is 12.1 Å². The van der Waals surface area contributed by atoms with Crippen LogP contribution in [0.3, 0.4) is 0 Å². The van der Waals surface area contributed by atoms with E-state index in [0.717, 1.165) is 11.3 Å². The quantitative estimate of drug-likeness (QED) is 0.707. The SMILES string of the molecule is Oc1ccc(NCc2nc(-c3ccncc3)no2)cc1. The summed E-state index contributed by atoms with van der Waals surface area (Å²) < 4.78 is 5.17. The Morgan fingerprint density at radius 1 is 1.05 bits per heavy atom. The number of nitrogens with zero attached hydrogens (tertiary/aromatic N) is 3. The molecule has 6 nitrogen and oxygen atoms in total. The first-order valence-electron chi connectivity index (χ1n) is 6.07.